The largest absolute Gasteiger partial charge is 0.384 e. The van der Waals surface area contributed by atoms with Crippen LogP contribution in [0.2, 0.25) is 0 Å². The minimum atomic E-state index is 0.236. The molecule has 0 aromatic heterocycles. The molecule has 1 aliphatic carbocycles. The van der Waals surface area contributed by atoms with E-state index in [2.05, 4.69) is 13.8 Å². The zero-order valence-electron chi connectivity index (χ0n) is 10.7. The van der Waals surface area contributed by atoms with Crippen LogP contribution in [0.5, 0.6) is 0 Å². The van der Waals surface area contributed by atoms with E-state index in [1.165, 1.54) is 25.7 Å². The van der Waals surface area contributed by atoms with Gasteiger partial charge in [-0.25, -0.2) is 0 Å². The van der Waals surface area contributed by atoms with Gasteiger partial charge in [0.05, 0.1) is 13.2 Å². The Kier molecular flexibility index (Phi) is 5.07. The Hall–Kier alpha value is -0.0800. The van der Waals surface area contributed by atoms with Gasteiger partial charge in [-0.1, -0.05) is 26.7 Å². The van der Waals surface area contributed by atoms with E-state index in [4.69, 9.17) is 9.47 Å². The summed E-state index contributed by atoms with van der Waals surface area (Å²) in [5, 5.41) is 0. The van der Waals surface area contributed by atoms with E-state index in [-0.39, 0.29) is 5.41 Å². The van der Waals surface area contributed by atoms with Crippen molar-refractivity contribution in [1.29, 1.82) is 0 Å². The van der Waals surface area contributed by atoms with Gasteiger partial charge in [0.1, 0.15) is 0 Å². The Morgan fingerprint density at radius 1 is 1.07 bits per heavy atom. The van der Waals surface area contributed by atoms with Crippen molar-refractivity contribution in [2.45, 2.75) is 39.5 Å². The number of ether oxygens (including phenoxy) is 2. The lowest BCUT2D eigenvalue weighted by atomic mass is 9.68. The fourth-order valence-corrected chi connectivity index (χ4v) is 3.12. The quantitative estimate of drug-likeness (QED) is 0.676. The third-order valence-corrected chi connectivity index (χ3v) is 4.14. The fraction of sp³-hybridized carbons (Fsp3) is 1.00. The molecule has 0 N–H and O–H groups in total. The summed E-state index contributed by atoms with van der Waals surface area (Å²) < 4.78 is 10.9. The highest BCUT2D eigenvalue weighted by Crippen LogP contribution is 2.45. The molecule has 0 aromatic rings. The Bertz CT molecular complexity index is 165. The molecule has 0 spiro atoms. The Morgan fingerprint density at radius 2 is 1.53 bits per heavy atom. The molecule has 2 nitrogen and oxygen atoms in total. The number of hydrogen-bond acceptors (Lipinski definition) is 2. The first kappa shape index (κ1) is 13.0. The van der Waals surface area contributed by atoms with Crippen molar-refractivity contribution in [3.63, 3.8) is 0 Å². The molecule has 1 aliphatic rings. The first-order valence-corrected chi connectivity index (χ1v) is 6.15. The third kappa shape index (κ3) is 2.73. The number of hydrogen-bond donors (Lipinski definition) is 0. The third-order valence-electron chi connectivity index (χ3n) is 4.14. The molecule has 2 heteroatoms. The van der Waals surface area contributed by atoms with Crippen molar-refractivity contribution in [3.05, 3.63) is 0 Å². The van der Waals surface area contributed by atoms with E-state index < -0.39 is 0 Å². The first-order valence-electron chi connectivity index (χ1n) is 6.15. The maximum Gasteiger partial charge on any atom is 0.0545 e. The van der Waals surface area contributed by atoms with E-state index in [9.17, 15) is 0 Å². The van der Waals surface area contributed by atoms with Gasteiger partial charge in [-0.15, -0.1) is 0 Å². The molecule has 0 amide bonds. The Morgan fingerprint density at radius 3 is 1.87 bits per heavy atom. The van der Waals surface area contributed by atoms with Crippen molar-refractivity contribution >= 4 is 0 Å². The van der Waals surface area contributed by atoms with E-state index >= 15 is 0 Å². The zero-order chi connectivity index (χ0) is 11.3. The molecule has 1 rings (SSSR count). The van der Waals surface area contributed by atoms with Gasteiger partial charge in [0, 0.05) is 19.6 Å². The van der Waals surface area contributed by atoms with E-state index in [0.717, 1.165) is 19.1 Å². The van der Waals surface area contributed by atoms with Gasteiger partial charge in [-0.05, 0) is 24.7 Å². The smallest absolute Gasteiger partial charge is 0.0545 e. The summed E-state index contributed by atoms with van der Waals surface area (Å²) in [5.74, 6) is 1.41. The molecule has 0 bridgehead atoms. The molecule has 0 radical (unpaired) electrons. The van der Waals surface area contributed by atoms with Crippen LogP contribution in [0.25, 0.3) is 0 Å². The molecular weight excluding hydrogens is 188 g/mol. The van der Waals surface area contributed by atoms with Crippen molar-refractivity contribution in [2.24, 2.45) is 17.3 Å². The van der Waals surface area contributed by atoms with Crippen molar-refractivity contribution < 1.29 is 9.47 Å². The second kappa shape index (κ2) is 5.86. The monoisotopic (exact) mass is 214 g/mol. The number of methoxy groups -OCH3 is 2. The van der Waals surface area contributed by atoms with Crippen molar-refractivity contribution in [2.75, 3.05) is 27.4 Å². The summed E-state index contributed by atoms with van der Waals surface area (Å²) >= 11 is 0. The van der Waals surface area contributed by atoms with Crippen molar-refractivity contribution in [3.8, 4) is 0 Å². The SMILES string of the molecule is COCC(COC)(C(C)C)C1CCCC1. The highest BCUT2D eigenvalue weighted by Gasteiger charge is 2.42. The van der Waals surface area contributed by atoms with Gasteiger partial charge in [-0.3, -0.25) is 0 Å². The molecule has 1 saturated carbocycles. The average molecular weight is 214 g/mol. The predicted octanol–water partition coefficient (Wildman–Crippen LogP) is 3.11. The Labute approximate surface area is 94.3 Å². The summed E-state index contributed by atoms with van der Waals surface area (Å²) in [4.78, 5) is 0. The van der Waals surface area contributed by atoms with Crippen LogP contribution in [0.15, 0.2) is 0 Å². The van der Waals surface area contributed by atoms with Crippen LogP contribution in [0.3, 0.4) is 0 Å². The minimum absolute atomic E-state index is 0.236. The lowest BCUT2D eigenvalue weighted by Gasteiger charge is -2.41. The van der Waals surface area contributed by atoms with Crippen LogP contribution < -0.4 is 0 Å². The molecule has 0 saturated heterocycles. The molecular formula is C13H26O2. The lowest BCUT2D eigenvalue weighted by molar-refractivity contribution is -0.0594. The van der Waals surface area contributed by atoms with Crippen LogP contribution in [-0.2, 0) is 9.47 Å². The zero-order valence-corrected chi connectivity index (χ0v) is 10.7. The molecule has 0 unspecified atom stereocenters. The van der Waals surface area contributed by atoms with Gasteiger partial charge < -0.3 is 9.47 Å². The van der Waals surface area contributed by atoms with Crippen LogP contribution in [-0.4, -0.2) is 27.4 Å². The van der Waals surface area contributed by atoms with E-state index in [1.807, 2.05) is 14.2 Å². The maximum atomic E-state index is 5.45. The van der Waals surface area contributed by atoms with Gasteiger partial charge >= 0.3 is 0 Å². The highest BCUT2D eigenvalue weighted by atomic mass is 16.5. The van der Waals surface area contributed by atoms with Crippen molar-refractivity contribution in [1.82, 2.24) is 0 Å². The molecule has 0 aromatic carbocycles. The topological polar surface area (TPSA) is 18.5 Å². The normalized spacial score (nSPS) is 19.0. The van der Waals surface area contributed by atoms with Crippen LogP contribution in [0.1, 0.15) is 39.5 Å². The summed E-state index contributed by atoms with van der Waals surface area (Å²) in [6, 6.07) is 0. The van der Waals surface area contributed by atoms with Crippen LogP contribution in [0, 0.1) is 17.3 Å². The fourth-order valence-electron chi connectivity index (χ4n) is 3.12. The van der Waals surface area contributed by atoms with Crippen LogP contribution in [0.4, 0.5) is 0 Å². The average Bonchev–Trinajstić information content (AvgIpc) is 2.70. The first-order chi connectivity index (χ1) is 7.17. The summed E-state index contributed by atoms with van der Waals surface area (Å²) in [6.07, 6.45) is 5.47. The molecule has 0 heterocycles. The molecule has 0 atom stereocenters. The molecule has 0 aliphatic heterocycles. The highest BCUT2D eigenvalue weighted by molar-refractivity contribution is 4.91. The second-order valence-electron chi connectivity index (χ2n) is 5.24. The second-order valence-corrected chi connectivity index (χ2v) is 5.24. The number of rotatable bonds is 6. The van der Waals surface area contributed by atoms with Gasteiger partial charge in [0.25, 0.3) is 0 Å². The Balaban J connectivity index is 2.78. The van der Waals surface area contributed by atoms with Crippen LogP contribution >= 0.6 is 0 Å². The standard InChI is InChI=1S/C13H26O2/c1-11(2)13(9-14-3,10-15-4)12-7-5-6-8-12/h11-12H,5-10H2,1-4H3. The summed E-state index contributed by atoms with van der Waals surface area (Å²) in [6.45, 7) is 6.28. The van der Waals surface area contributed by atoms with Gasteiger partial charge in [0.15, 0.2) is 0 Å². The van der Waals surface area contributed by atoms with Gasteiger partial charge in [0.2, 0.25) is 0 Å². The molecule has 90 valence electrons. The molecule has 15 heavy (non-hydrogen) atoms. The van der Waals surface area contributed by atoms with E-state index in [0.29, 0.717) is 5.92 Å². The van der Waals surface area contributed by atoms with E-state index in [1.54, 1.807) is 0 Å². The molecule has 1 fully saturated rings. The summed E-state index contributed by atoms with van der Waals surface area (Å²) in [7, 11) is 3.61. The minimum Gasteiger partial charge on any atom is -0.384 e. The predicted molar refractivity (Wildman–Crippen MR) is 63.0 cm³/mol. The lowest BCUT2D eigenvalue weighted by Crippen LogP contribution is -2.43. The van der Waals surface area contributed by atoms with Gasteiger partial charge in [-0.2, -0.15) is 0 Å². The summed E-state index contributed by atoms with van der Waals surface area (Å²) in [5.41, 5.74) is 0.236. The maximum absolute atomic E-state index is 5.45.